The molecule has 2 aliphatic heterocycles. The molecule has 0 aromatic carbocycles. The minimum absolute atomic E-state index is 0.0666. The Balaban J connectivity index is 1.88. The molecule has 0 aromatic rings. The van der Waals surface area contributed by atoms with Crippen LogP contribution in [-0.4, -0.2) is 44.4 Å². The summed E-state index contributed by atoms with van der Waals surface area (Å²) in [6, 6.07) is 0. The summed E-state index contributed by atoms with van der Waals surface area (Å²) in [5, 5.41) is 3.36. The Morgan fingerprint density at radius 1 is 1.24 bits per heavy atom. The lowest BCUT2D eigenvalue weighted by Gasteiger charge is -2.29. The van der Waals surface area contributed by atoms with Gasteiger partial charge in [0.2, 0.25) is 0 Å². The highest BCUT2D eigenvalue weighted by molar-refractivity contribution is 7.87. The van der Waals surface area contributed by atoms with E-state index in [9.17, 15) is 8.42 Å². The van der Waals surface area contributed by atoms with Crippen molar-refractivity contribution in [3.8, 4) is 0 Å². The van der Waals surface area contributed by atoms with Gasteiger partial charge in [0.1, 0.15) is 0 Å². The predicted molar refractivity (Wildman–Crippen MR) is 68.0 cm³/mol. The molecule has 0 amide bonds. The Kier molecular flexibility index (Phi) is 4.07. The van der Waals surface area contributed by atoms with Crippen LogP contribution in [-0.2, 0) is 10.2 Å². The predicted octanol–water partition coefficient (Wildman–Crippen LogP) is 0.449. The smallest absolute Gasteiger partial charge is 0.279 e. The molecule has 2 heterocycles. The van der Waals surface area contributed by atoms with E-state index in [1.165, 1.54) is 0 Å². The first-order chi connectivity index (χ1) is 8.02. The monoisotopic (exact) mass is 261 g/mol. The summed E-state index contributed by atoms with van der Waals surface area (Å²) in [6.45, 7) is 4.89. The van der Waals surface area contributed by atoms with Crippen LogP contribution in [0.1, 0.15) is 39.0 Å². The maximum absolute atomic E-state index is 12.1. The van der Waals surface area contributed by atoms with Crippen molar-refractivity contribution in [2.75, 3.05) is 26.2 Å². The van der Waals surface area contributed by atoms with E-state index < -0.39 is 10.2 Å². The standard InChI is InChI=1S/C11H23N3O2S/c1-11(6-5-7-12-11)10-13-17(15,16)14-8-3-2-4-9-14/h12-13H,2-10H2,1H3. The molecule has 17 heavy (non-hydrogen) atoms. The van der Waals surface area contributed by atoms with Crippen molar-refractivity contribution in [1.29, 1.82) is 0 Å². The van der Waals surface area contributed by atoms with E-state index in [-0.39, 0.29) is 5.54 Å². The molecule has 2 saturated heterocycles. The van der Waals surface area contributed by atoms with Crippen LogP contribution >= 0.6 is 0 Å². The van der Waals surface area contributed by atoms with Gasteiger partial charge >= 0.3 is 0 Å². The van der Waals surface area contributed by atoms with Gasteiger partial charge in [-0.15, -0.1) is 0 Å². The van der Waals surface area contributed by atoms with Gasteiger partial charge < -0.3 is 5.32 Å². The second kappa shape index (κ2) is 5.22. The van der Waals surface area contributed by atoms with Crippen LogP contribution in [0.5, 0.6) is 0 Å². The summed E-state index contributed by atoms with van der Waals surface area (Å²) in [6.07, 6.45) is 5.27. The highest BCUT2D eigenvalue weighted by atomic mass is 32.2. The van der Waals surface area contributed by atoms with Crippen molar-refractivity contribution in [2.45, 2.75) is 44.6 Å². The number of hydrogen-bond donors (Lipinski definition) is 2. The molecule has 100 valence electrons. The second-order valence-corrected chi connectivity index (χ2v) is 7.13. The molecule has 2 aliphatic rings. The van der Waals surface area contributed by atoms with Gasteiger partial charge in [0.25, 0.3) is 10.2 Å². The minimum atomic E-state index is -3.27. The van der Waals surface area contributed by atoms with E-state index in [1.807, 2.05) is 0 Å². The maximum atomic E-state index is 12.1. The SMILES string of the molecule is CC1(CNS(=O)(=O)N2CCCCC2)CCCN1. The van der Waals surface area contributed by atoms with E-state index >= 15 is 0 Å². The second-order valence-electron chi connectivity index (χ2n) is 5.38. The third-order valence-electron chi connectivity index (χ3n) is 3.76. The van der Waals surface area contributed by atoms with E-state index in [1.54, 1.807) is 4.31 Å². The van der Waals surface area contributed by atoms with Gasteiger partial charge in [0.15, 0.2) is 0 Å². The topological polar surface area (TPSA) is 61.4 Å². The highest BCUT2D eigenvalue weighted by Crippen LogP contribution is 2.18. The molecule has 0 bridgehead atoms. The van der Waals surface area contributed by atoms with E-state index in [2.05, 4.69) is 17.0 Å². The van der Waals surface area contributed by atoms with Crippen molar-refractivity contribution < 1.29 is 8.42 Å². The fourth-order valence-electron chi connectivity index (χ4n) is 2.56. The molecule has 0 saturated carbocycles. The Bertz CT molecular complexity index is 344. The first-order valence-corrected chi connectivity index (χ1v) is 7.96. The summed E-state index contributed by atoms with van der Waals surface area (Å²) in [4.78, 5) is 0. The molecule has 2 rings (SSSR count). The molecular formula is C11H23N3O2S. The molecule has 0 spiro atoms. The molecule has 2 fully saturated rings. The summed E-state index contributed by atoms with van der Waals surface area (Å²) in [5.41, 5.74) is -0.0666. The molecule has 1 unspecified atom stereocenters. The lowest BCUT2D eigenvalue weighted by Crippen LogP contribution is -2.51. The fourth-order valence-corrected chi connectivity index (χ4v) is 3.98. The highest BCUT2D eigenvalue weighted by Gasteiger charge is 2.31. The average molecular weight is 261 g/mol. The Morgan fingerprint density at radius 3 is 2.53 bits per heavy atom. The van der Waals surface area contributed by atoms with E-state index in [4.69, 9.17) is 0 Å². The van der Waals surface area contributed by atoms with Crippen LogP contribution in [0.3, 0.4) is 0 Å². The maximum Gasteiger partial charge on any atom is 0.279 e. The first-order valence-electron chi connectivity index (χ1n) is 6.52. The molecule has 5 nitrogen and oxygen atoms in total. The third-order valence-corrected chi connectivity index (χ3v) is 5.31. The quantitative estimate of drug-likeness (QED) is 0.772. The minimum Gasteiger partial charge on any atom is -0.310 e. The summed E-state index contributed by atoms with van der Waals surface area (Å²) >= 11 is 0. The third kappa shape index (κ3) is 3.40. The first kappa shape index (κ1) is 13.3. The van der Waals surface area contributed by atoms with Crippen molar-refractivity contribution in [2.24, 2.45) is 0 Å². The molecule has 2 N–H and O–H groups in total. The van der Waals surface area contributed by atoms with Gasteiger partial charge in [-0.25, -0.2) is 4.72 Å². The van der Waals surface area contributed by atoms with Crippen LogP contribution in [0.4, 0.5) is 0 Å². The fraction of sp³-hybridized carbons (Fsp3) is 1.00. The van der Waals surface area contributed by atoms with E-state index in [0.29, 0.717) is 19.6 Å². The molecule has 0 aliphatic carbocycles. The van der Waals surface area contributed by atoms with Gasteiger partial charge in [-0.2, -0.15) is 12.7 Å². The summed E-state index contributed by atoms with van der Waals surface area (Å²) < 4.78 is 28.5. The molecular weight excluding hydrogens is 238 g/mol. The normalized spacial score (nSPS) is 31.8. The molecule has 6 heteroatoms. The van der Waals surface area contributed by atoms with Crippen LogP contribution in [0, 0.1) is 0 Å². The zero-order chi connectivity index (χ0) is 12.4. The van der Waals surface area contributed by atoms with Gasteiger partial charge in [0, 0.05) is 25.2 Å². The van der Waals surface area contributed by atoms with Crippen LogP contribution in [0.15, 0.2) is 0 Å². The Morgan fingerprint density at radius 2 is 1.94 bits per heavy atom. The number of rotatable bonds is 4. The van der Waals surface area contributed by atoms with Crippen molar-refractivity contribution in [3.05, 3.63) is 0 Å². The van der Waals surface area contributed by atoms with Crippen molar-refractivity contribution in [3.63, 3.8) is 0 Å². The van der Waals surface area contributed by atoms with Crippen LogP contribution < -0.4 is 10.0 Å². The zero-order valence-corrected chi connectivity index (χ0v) is 11.4. The number of nitrogens with one attached hydrogen (secondary N) is 2. The van der Waals surface area contributed by atoms with Gasteiger partial charge in [-0.1, -0.05) is 6.42 Å². The Hall–Kier alpha value is -0.170. The zero-order valence-electron chi connectivity index (χ0n) is 10.5. The van der Waals surface area contributed by atoms with Gasteiger partial charge in [-0.3, -0.25) is 0 Å². The van der Waals surface area contributed by atoms with Crippen molar-refractivity contribution in [1.82, 2.24) is 14.3 Å². The van der Waals surface area contributed by atoms with Crippen LogP contribution in [0.2, 0.25) is 0 Å². The van der Waals surface area contributed by atoms with Crippen molar-refractivity contribution >= 4 is 10.2 Å². The average Bonchev–Trinajstić information content (AvgIpc) is 2.76. The lowest BCUT2D eigenvalue weighted by atomic mass is 10.0. The lowest BCUT2D eigenvalue weighted by molar-refractivity contribution is 0.334. The number of hydrogen-bond acceptors (Lipinski definition) is 3. The molecule has 1 atom stereocenters. The number of nitrogens with zero attached hydrogens (tertiary/aromatic N) is 1. The van der Waals surface area contributed by atoms with Crippen LogP contribution in [0.25, 0.3) is 0 Å². The Labute approximate surface area is 104 Å². The summed E-state index contributed by atoms with van der Waals surface area (Å²) in [7, 11) is -3.27. The molecule has 0 aromatic heterocycles. The largest absolute Gasteiger partial charge is 0.310 e. The molecule has 0 radical (unpaired) electrons. The number of piperidine rings is 1. The van der Waals surface area contributed by atoms with Gasteiger partial charge in [-0.05, 0) is 39.2 Å². The van der Waals surface area contributed by atoms with Gasteiger partial charge in [0.05, 0.1) is 0 Å². The summed E-state index contributed by atoms with van der Waals surface area (Å²) in [5.74, 6) is 0. The van der Waals surface area contributed by atoms with E-state index in [0.717, 1.165) is 38.6 Å².